The van der Waals surface area contributed by atoms with Gasteiger partial charge in [0.15, 0.2) is 0 Å². The monoisotopic (exact) mass is 259 g/mol. The van der Waals surface area contributed by atoms with E-state index in [0.29, 0.717) is 0 Å². The molecule has 0 radical (unpaired) electrons. The largest absolute Gasteiger partial charge is 0.462 e. The molecule has 1 rings (SSSR count). The lowest BCUT2D eigenvalue weighted by molar-refractivity contribution is 0.310. The Balaban J connectivity index is 2.57. The maximum atomic E-state index is 11.5. The van der Waals surface area contributed by atoms with Gasteiger partial charge in [-0.1, -0.05) is 0 Å². The van der Waals surface area contributed by atoms with E-state index in [-0.39, 0.29) is 18.4 Å². The third kappa shape index (κ3) is 4.27. The molecule has 7 heteroatoms. The summed E-state index contributed by atoms with van der Waals surface area (Å²) < 4.78 is 29.3. The molecule has 0 aliphatic carbocycles. The summed E-state index contributed by atoms with van der Waals surface area (Å²) in [7, 11) is -0.258. The predicted molar refractivity (Wildman–Crippen MR) is 64.5 cm³/mol. The zero-order valence-electron chi connectivity index (χ0n) is 10.5. The van der Waals surface area contributed by atoms with Crippen LogP contribution in [0.25, 0.3) is 0 Å². The number of ether oxygens (including phenoxy) is 1. The van der Waals surface area contributed by atoms with Crippen molar-refractivity contribution in [1.29, 1.82) is 0 Å². The van der Waals surface area contributed by atoms with Gasteiger partial charge in [-0.05, 0) is 19.9 Å². The first-order valence-electron chi connectivity index (χ1n) is 5.16. The fourth-order valence-electron chi connectivity index (χ4n) is 1.18. The van der Waals surface area contributed by atoms with Crippen LogP contribution in [0.3, 0.4) is 0 Å². The molecule has 0 atom stereocenters. The van der Waals surface area contributed by atoms with Crippen molar-refractivity contribution in [3.8, 4) is 6.01 Å². The SMILES string of the molecule is Cc1cc(C)nc(OCCS(=O)(=O)N(C)C)n1. The van der Waals surface area contributed by atoms with E-state index in [2.05, 4.69) is 9.97 Å². The van der Waals surface area contributed by atoms with Gasteiger partial charge >= 0.3 is 6.01 Å². The zero-order valence-corrected chi connectivity index (χ0v) is 11.3. The fourth-order valence-corrected chi connectivity index (χ4v) is 1.84. The lowest BCUT2D eigenvalue weighted by Gasteiger charge is -2.11. The highest BCUT2D eigenvalue weighted by molar-refractivity contribution is 7.89. The first-order valence-corrected chi connectivity index (χ1v) is 6.77. The molecular formula is C10H17N3O3S. The van der Waals surface area contributed by atoms with Crippen molar-refractivity contribution in [3.05, 3.63) is 17.5 Å². The van der Waals surface area contributed by atoms with Crippen LogP contribution in [0.5, 0.6) is 6.01 Å². The van der Waals surface area contributed by atoms with Gasteiger partial charge < -0.3 is 4.74 Å². The highest BCUT2D eigenvalue weighted by Gasteiger charge is 2.13. The van der Waals surface area contributed by atoms with Crippen LogP contribution >= 0.6 is 0 Å². The van der Waals surface area contributed by atoms with Gasteiger partial charge in [-0.3, -0.25) is 0 Å². The lowest BCUT2D eigenvalue weighted by atomic mass is 10.4. The quantitative estimate of drug-likeness (QED) is 0.763. The van der Waals surface area contributed by atoms with Crippen molar-refractivity contribution in [2.24, 2.45) is 0 Å². The van der Waals surface area contributed by atoms with E-state index < -0.39 is 10.0 Å². The van der Waals surface area contributed by atoms with Crippen LogP contribution in [0.15, 0.2) is 6.07 Å². The van der Waals surface area contributed by atoms with Crippen LogP contribution in [-0.4, -0.2) is 49.1 Å². The molecule has 96 valence electrons. The normalized spacial score (nSPS) is 11.8. The smallest absolute Gasteiger partial charge is 0.316 e. The molecule has 1 aromatic heterocycles. The van der Waals surface area contributed by atoms with Crippen molar-refractivity contribution in [3.63, 3.8) is 0 Å². The van der Waals surface area contributed by atoms with Gasteiger partial charge in [0.1, 0.15) is 6.61 Å². The Kier molecular flexibility index (Phi) is 4.41. The molecule has 0 saturated carbocycles. The van der Waals surface area contributed by atoms with Gasteiger partial charge in [0.2, 0.25) is 10.0 Å². The van der Waals surface area contributed by atoms with Gasteiger partial charge in [0.05, 0.1) is 5.75 Å². The molecule has 0 unspecified atom stereocenters. The summed E-state index contributed by atoms with van der Waals surface area (Å²) in [5, 5.41) is 0. The topological polar surface area (TPSA) is 72.4 Å². The van der Waals surface area contributed by atoms with Crippen molar-refractivity contribution in [2.75, 3.05) is 26.5 Å². The molecule has 0 aliphatic heterocycles. The molecule has 1 heterocycles. The molecule has 0 aliphatic rings. The summed E-state index contributed by atoms with van der Waals surface area (Å²) in [6.45, 7) is 3.71. The molecule has 0 aromatic carbocycles. The van der Waals surface area contributed by atoms with Gasteiger partial charge in [0, 0.05) is 25.5 Å². The molecule has 0 bridgehead atoms. The summed E-state index contributed by atoms with van der Waals surface area (Å²) in [6, 6.07) is 2.04. The molecule has 0 spiro atoms. The van der Waals surface area contributed by atoms with Crippen molar-refractivity contribution < 1.29 is 13.2 Å². The minimum Gasteiger partial charge on any atom is -0.462 e. The van der Waals surface area contributed by atoms with Gasteiger partial charge in [-0.15, -0.1) is 0 Å². The molecule has 0 saturated heterocycles. The van der Waals surface area contributed by atoms with Crippen molar-refractivity contribution in [2.45, 2.75) is 13.8 Å². The summed E-state index contributed by atoms with van der Waals surface area (Å²) in [4.78, 5) is 8.11. The van der Waals surface area contributed by atoms with Crippen LogP contribution in [0.4, 0.5) is 0 Å². The number of hydrogen-bond donors (Lipinski definition) is 0. The van der Waals surface area contributed by atoms with E-state index >= 15 is 0 Å². The summed E-state index contributed by atoms with van der Waals surface area (Å²) >= 11 is 0. The van der Waals surface area contributed by atoms with Crippen LogP contribution in [0.1, 0.15) is 11.4 Å². The molecule has 6 nitrogen and oxygen atoms in total. The molecule has 1 aromatic rings. The van der Waals surface area contributed by atoms with Crippen LogP contribution in [0.2, 0.25) is 0 Å². The average molecular weight is 259 g/mol. The first kappa shape index (κ1) is 13.9. The molecular weight excluding hydrogens is 242 g/mol. The Bertz CT molecular complexity index is 465. The van der Waals surface area contributed by atoms with E-state index in [9.17, 15) is 8.42 Å². The molecule has 0 fully saturated rings. The zero-order chi connectivity index (χ0) is 13.1. The predicted octanol–water partition coefficient (Wildman–Crippen LogP) is 0.364. The Morgan fingerprint density at radius 3 is 2.24 bits per heavy atom. The number of aromatic nitrogens is 2. The van der Waals surface area contributed by atoms with E-state index in [1.807, 2.05) is 19.9 Å². The third-order valence-electron chi connectivity index (χ3n) is 2.09. The highest BCUT2D eigenvalue weighted by atomic mass is 32.2. The molecule has 0 amide bonds. The summed E-state index contributed by atoms with van der Waals surface area (Å²) in [5.74, 6) is -0.0870. The Labute approximate surface area is 102 Å². The fraction of sp³-hybridized carbons (Fsp3) is 0.600. The Hall–Kier alpha value is -1.21. The lowest BCUT2D eigenvalue weighted by Crippen LogP contribution is -2.28. The Morgan fingerprint density at radius 1 is 1.24 bits per heavy atom. The second-order valence-electron chi connectivity index (χ2n) is 3.88. The first-order chi connectivity index (χ1) is 7.81. The second-order valence-corrected chi connectivity index (χ2v) is 6.18. The summed E-state index contributed by atoms with van der Waals surface area (Å²) in [6.07, 6.45) is 0. The van der Waals surface area contributed by atoms with E-state index in [4.69, 9.17) is 4.74 Å². The summed E-state index contributed by atoms with van der Waals surface area (Å²) in [5.41, 5.74) is 1.59. The number of sulfonamides is 1. The molecule has 17 heavy (non-hydrogen) atoms. The number of hydrogen-bond acceptors (Lipinski definition) is 5. The average Bonchev–Trinajstić information content (AvgIpc) is 2.15. The third-order valence-corrected chi connectivity index (χ3v) is 3.89. The van der Waals surface area contributed by atoms with Crippen molar-refractivity contribution in [1.82, 2.24) is 14.3 Å². The van der Waals surface area contributed by atoms with Gasteiger partial charge in [-0.25, -0.2) is 22.7 Å². The molecule has 0 N–H and O–H groups in total. The number of nitrogens with zero attached hydrogens (tertiary/aromatic N) is 3. The maximum Gasteiger partial charge on any atom is 0.316 e. The standard InChI is InChI=1S/C10H17N3O3S/c1-8-7-9(2)12-10(11-8)16-5-6-17(14,15)13(3)4/h7H,5-6H2,1-4H3. The van der Waals surface area contributed by atoms with E-state index in [1.165, 1.54) is 18.4 Å². The van der Waals surface area contributed by atoms with E-state index in [1.54, 1.807) is 0 Å². The number of aryl methyl sites for hydroxylation is 2. The Morgan fingerprint density at radius 2 is 1.76 bits per heavy atom. The number of rotatable bonds is 5. The van der Waals surface area contributed by atoms with Gasteiger partial charge in [0.25, 0.3) is 0 Å². The van der Waals surface area contributed by atoms with Crippen LogP contribution in [-0.2, 0) is 10.0 Å². The second kappa shape index (κ2) is 5.42. The van der Waals surface area contributed by atoms with E-state index in [0.717, 1.165) is 11.4 Å². The minimum absolute atomic E-state index is 0.0450. The van der Waals surface area contributed by atoms with Gasteiger partial charge in [-0.2, -0.15) is 0 Å². The van der Waals surface area contributed by atoms with Crippen LogP contribution in [0, 0.1) is 13.8 Å². The van der Waals surface area contributed by atoms with Crippen molar-refractivity contribution >= 4 is 10.0 Å². The highest BCUT2D eigenvalue weighted by Crippen LogP contribution is 2.06. The van der Waals surface area contributed by atoms with Crippen LogP contribution < -0.4 is 4.74 Å². The minimum atomic E-state index is -3.24. The maximum absolute atomic E-state index is 11.5.